The maximum atomic E-state index is 14.8. The SMILES string of the molecule is CC(CC1CCC(c2cc(F)c(-c3cc(F)c(F)c(F)c3)c(F)c2)CC1)c1ccccc1. The molecule has 3 aromatic rings. The Bertz CT molecular complexity index is 1040. The van der Waals surface area contributed by atoms with E-state index in [1.165, 1.54) is 17.7 Å². The van der Waals surface area contributed by atoms with Gasteiger partial charge in [-0.15, -0.1) is 0 Å². The normalized spacial score (nSPS) is 19.7. The number of benzene rings is 3. The van der Waals surface area contributed by atoms with E-state index in [0.717, 1.165) is 32.1 Å². The third-order valence-corrected chi connectivity index (χ3v) is 6.71. The Labute approximate surface area is 185 Å². The summed E-state index contributed by atoms with van der Waals surface area (Å²) in [4.78, 5) is 0. The Morgan fingerprint density at radius 1 is 0.750 bits per heavy atom. The molecule has 0 aromatic heterocycles. The summed E-state index contributed by atoms with van der Waals surface area (Å²) in [6, 6.07) is 14.1. The first-order chi connectivity index (χ1) is 15.3. The van der Waals surface area contributed by atoms with Crippen molar-refractivity contribution in [3.05, 3.63) is 94.8 Å². The van der Waals surface area contributed by atoms with E-state index in [4.69, 9.17) is 0 Å². The summed E-state index contributed by atoms with van der Waals surface area (Å²) < 4.78 is 69.8. The Balaban J connectivity index is 1.45. The average molecular weight is 444 g/mol. The summed E-state index contributed by atoms with van der Waals surface area (Å²) in [6.07, 6.45) is 4.73. The first-order valence-corrected chi connectivity index (χ1v) is 11.0. The quantitative estimate of drug-likeness (QED) is 0.273. The van der Waals surface area contributed by atoms with Crippen LogP contribution in [0, 0.1) is 35.0 Å². The molecule has 0 nitrogen and oxygen atoms in total. The van der Waals surface area contributed by atoms with Crippen molar-refractivity contribution in [2.75, 3.05) is 0 Å². The predicted octanol–water partition coefficient (Wildman–Crippen LogP) is 8.52. The molecule has 0 saturated heterocycles. The van der Waals surface area contributed by atoms with Gasteiger partial charge in [0.25, 0.3) is 0 Å². The van der Waals surface area contributed by atoms with E-state index in [9.17, 15) is 22.0 Å². The van der Waals surface area contributed by atoms with E-state index in [-0.39, 0.29) is 11.5 Å². The minimum atomic E-state index is -1.66. The Morgan fingerprint density at radius 2 is 1.31 bits per heavy atom. The van der Waals surface area contributed by atoms with E-state index in [1.54, 1.807) is 0 Å². The van der Waals surface area contributed by atoms with Gasteiger partial charge in [0.2, 0.25) is 0 Å². The van der Waals surface area contributed by atoms with Crippen LogP contribution in [0.25, 0.3) is 11.1 Å². The van der Waals surface area contributed by atoms with Gasteiger partial charge < -0.3 is 0 Å². The lowest BCUT2D eigenvalue weighted by molar-refractivity contribution is 0.296. The zero-order valence-corrected chi connectivity index (χ0v) is 17.9. The molecule has 1 saturated carbocycles. The van der Waals surface area contributed by atoms with Crippen LogP contribution in [0.3, 0.4) is 0 Å². The zero-order valence-electron chi connectivity index (χ0n) is 17.9. The van der Waals surface area contributed by atoms with Crippen LogP contribution in [-0.2, 0) is 0 Å². The fraction of sp³-hybridized carbons (Fsp3) is 0.333. The Kier molecular flexibility index (Phi) is 6.63. The van der Waals surface area contributed by atoms with Gasteiger partial charge in [-0.2, -0.15) is 0 Å². The molecule has 0 aliphatic heterocycles. The van der Waals surface area contributed by atoms with Crippen molar-refractivity contribution in [3.63, 3.8) is 0 Å². The van der Waals surface area contributed by atoms with Gasteiger partial charge in [-0.25, -0.2) is 22.0 Å². The maximum Gasteiger partial charge on any atom is 0.194 e. The van der Waals surface area contributed by atoms with Crippen molar-refractivity contribution >= 4 is 0 Å². The highest BCUT2D eigenvalue weighted by Crippen LogP contribution is 2.41. The predicted molar refractivity (Wildman–Crippen MR) is 116 cm³/mol. The van der Waals surface area contributed by atoms with E-state index < -0.39 is 34.6 Å². The third-order valence-electron chi connectivity index (χ3n) is 6.71. The molecule has 1 aliphatic carbocycles. The van der Waals surface area contributed by atoms with Gasteiger partial charge in [-0.05, 0) is 90.8 Å². The minimum absolute atomic E-state index is 0.0398. The van der Waals surface area contributed by atoms with E-state index >= 15 is 0 Å². The molecule has 32 heavy (non-hydrogen) atoms. The van der Waals surface area contributed by atoms with Crippen LogP contribution in [0.15, 0.2) is 54.6 Å². The molecule has 5 heteroatoms. The second kappa shape index (κ2) is 9.43. The van der Waals surface area contributed by atoms with Crippen LogP contribution >= 0.6 is 0 Å². The van der Waals surface area contributed by atoms with Crippen LogP contribution in [0.1, 0.15) is 62.0 Å². The van der Waals surface area contributed by atoms with E-state index in [0.29, 0.717) is 29.5 Å². The van der Waals surface area contributed by atoms with Crippen molar-refractivity contribution in [1.82, 2.24) is 0 Å². The molecular weight excluding hydrogens is 419 g/mol. The highest BCUT2D eigenvalue weighted by Gasteiger charge is 2.26. The van der Waals surface area contributed by atoms with Gasteiger partial charge in [0, 0.05) is 0 Å². The minimum Gasteiger partial charge on any atom is -0.206 e. The third kappa shape index (κ3) is 4.72. The fourth-order valence-corrected chi connectivity index (χ4v) is 4.95. The number of rotatable bonds is 5. The molecule has 1 atom stereocenters. The Morgan fingerprint density at radius 3 is 1.88 bits per heavy atom. The van der Waals surface area contributed by atoms with Crippen molar-refractivity contribution in [3.8, 4) is 11.1 Å². The lowest BCUT2D eigenvalue weighted by Crippen LogP contribution is -2.15. The van der Waals surface area contributed by atoms with Gasteiger partial charge in [-0.3, -0.25) is 0 Å². The second-order valence-corrected chi connectivity index (χ2v) is 8.88. The smallest absolute Gasteiger partial charge is 0.194 e. The Hall–Kier alpha value is -2.69. The van der Waals surface area contributed by atoms with Crippen molar-refractivity contribution in [2.45, 2.75) is 50.9 Å². The monoisotopic (exact) mass is 444 g/mol. The first-order valence-electron chi connectivity index (χ1n) is 11.0. The second-order valence-electron chi connectivity index (χ2n) is 8.88. The highest BCUT2D eigenvalue weighted by atomic mass is 19.2. The van der Waals surface area contributed by atoms with Crippen molar-refractivity contribution < 1.29 is 22.0 Å². The topological polar surface area (TPSA) is 0 Å². The highest BCUT2D eigenvalue weighted by molar-refractivity contribution is 5.65. The van der Waals surface area contributed by atoms with Crippen LogP contribution < -0.4 is 0 Å². The summed E-state index contributed by atoms with van der Waals surface area (Å²) in [6.45, 7) is 2.23. The molecule has 0 amide bonds. The van der Waals surface area contributed by atoms with Crippen molar-refractivity contribution in [2.24, 2.45) is 5.92 Å². The van der Waals surface area contributed by atoms with E-state index in [2.05, 4.69) is 19.1 Å². The molecule has 0 radical (unpaired) electrons. The molecular formula is C27H25F5. The van der Waals surface area contributed by atoms with Crippen LogP contribution in [-0.4, -0.2) is 0 Å². The molecule has 0 heterocycles. The first kappa shape index (κ1) is 22.5. The average Bonchev–Trinajstić information content (AvgIpc) is 2.78. The number of halogens is 5. The lowest BCUT2D eigenvalue weighted by atomic mass is 9.75. The molecule has 0 spiro atoms. The van der Waals surface area contributed by atoms with Gasteiger partial charge in [-0.1, -0.05) is 37.3 Å². The summed E-state index contributed by atoms with van der Waals surface area (Å²) >= 11 is 0. The van der Waals surface area contributed by atoms with Gasteiger partial charge in [0.05, 0.1) is 5.56 Å². The number of hydrogen-bond donors (Lipinski definition) is 0. The molecule has 0 N–H and O–H groups in total. The molecule has 1 fully saturated rings. The molecule has 0 bridgehead atoms. The van der Waals surface area contributed by atoms with Crippen LogP contribution in [0.4, 0.5) is 22.0 Å². The van der Waals surface area contributed by atoms with E-state index in [1.807, 2.05) is 18.2 Å². The summed E-state index contributed by atoms with van der Waals surface area (Å²) in [5.41, 5.74) is 0.975. The van der Waals surface area contributed by atoms with Gasteiger partial charge >= 0.3 is 0 Å². The van der Waals surface area contributed by atoms with Crippen LogP contribution in [0.2, 0.25) is 0 Å². The summed E-state index contributed by atoms with van der Waals surface area (Å²) in [5.74, 6) is -5.35. The molecule has 3 aromatic carbocycles. The fourth-order valence-electron chi connectivity index (χ4n) is 4.95. The number of hydrogen-bond acceptors (Lipinski definition) is 0. The summed E-state index contributed by atoms with van der Waals surface area (Å²) in [5, 5.41) is 0. The van der Waals surface area contributed by atoms with Gasteiger partial charge in [0.15, 0.2) is 17.5 Å². The van der Waals surface area contributed by atoms with Crippen LogP contribution in [0.5, 0.6) is 0 Å². The largest absolute Gasteiger partial charge is 0.206 e. The summed E-state index contributed by atoms with van der Waals surface area (Å²) in [7, 11) is 0. The standard InChI is InChI=1S/C27H25F5/c1-16(18-5-3-2-4-6-18)11-17-7-9-19(10-8-17)20-12-22(28)26(23(29)13-20)21-14-24(30)27(32)25(31)15-21/h2-6,12-17,19H,7-11H2,1H3. The molecule has 4 rings (SSSR count). The molecule has 168 valence electrons. The lowest BCUT2D eigenvalue weighted by Gasteiger charge is -2.30. The molecule has 1 unspecified atom stereocenters. The maximum absolute atomic E-state index is 14.8. The molecule has 1 aliphatic rings. The van der Waals surface area contributed by atoms with Gasteiger partial charge in [0.1, 0.15) is 11.6 Å². The zero-order chi connectivity index (χ0) is 22.8. The van der Waals surface area contributed by atoms with Crippen molar-refractivity contribution in [1.29, 1.82) is 0 Å².